The van der Waals surface area contributed by atoms with Crippen LogP contribution in [0.15, 0.2) is 5.38 Å². The summed E-state index contributed by atoms with van der Waals surface area (Å²) in [6.45, 7) is 1.98. The highest BCUT2D eigenvalue weighted by atomic mass is 35.5. The summed E-state index contributed by atoms with van der Waals surface area (Å²) in [5.41, 5.74) is 1.08. The van der Waals surface area contributed by atoms with Crippen LogP contribution in [0, 0.1) is 12.8 Å². The van der Waals surface area contributed by atoms with Gasteiger partial charge in [-0.3, -0.25) is 0 Å². The third-order valence-corrected chi connectivity index (χ3v) is 4.57. The number of aryl methyl sites for hydroxylation is 1. The van der Waals surface area contributed by atoms with E-state index in [-0.39, 0.29) is 6.10 Å². The molecular formula is C10H13ClOS. The van der Waals surface area contributed by atoms with Crippen LogP contribution in [-0.4, -0.2) is 5.11 Å². The summed E-state index contributed by atoms with van der Waals surface area (Å²) in [6.07, 6.45) is 3.23. The Hall–Kier alpha value is -0.0500. The van der Waals surface area contributed by atoms with Crippen molar-refractivity contribution in [1.29, 1.82) is 0 Å². The number of aliphatic hydroxyl groups is 1. The molecule has 1 fully saturated rings. The molecule has 1 aromatic heterocycles. The smallest absolute Gasteiger partial charge is 0.0925 e. The molecule has 0 amide bonds. The Morgan fingerprint density at radius 2 is 2.31 bits per heavy atom. The molecule has 0 bridgehead atoms. The molecule has 0 spiro atoms. The van der Waals surface area contributed by atoms with Crippen LogP contribution in [0.25, 0.3) is 0 Å². The maximum absolute atomic E-state index is 9.96. The molecule has 0 aromatic carbocycles. The van der Waals surface area contributed by atoms with Crippen LogP contribution in [0.4, 0.5) is 0 Å². The Bertz CT molecular complexity index is 304. The fourth-order valence-corrected chi connectivity index (χ4v) is 3.00. The Morgan fingerprint density at radius 1 is 1.62 bits per heavy atom. The zero-order valence-corrected chi connectivity index (χ0v) is 9.16. The number of halogens is 1. The first kappa shape index (κ1) is 9.50. The Labute approximate surface area is 87.4 Å². The van der Waals surface area contributed by atoms with Crippen LogP contribution in [0.2, 0.25) is 5.02 Å². The molecule has 1 N–H and O–H groups in total. The molecular weight excluding hydrogens is 204 g/mol. The predicted octanol–water partition coefficient (Wildman–Crippen LogP) is 3.54. The second kappa shape index (κ2) is 3.60. The first-order valence-electron chi connectivity index (χ1n) is 4.61. The summed E-state index contributed by atoms with van der Waals surface area (Å²) in [5.74, 6) is 0.454. The fraction of sp³-hybridized carbons (Fsp3) is 0.600. The van der Waals surface area contributed by atoms with Crippen LogP contribution in [-0.2, 0) is 0 Å². The highest BCUT2D eigenvalue weighted by Gasteiger charge is 2.29. The molecule has 1 aromatic rings. The van der Waals surface area contributed by atoms with E-state index >= 15 is 0 Å². The third-order valence-electron chi connectivity index (χ3n) is 2.79. The minimum atomic E-state index is -0.319. The van der Waals surface area contributed by atoms with Gasteiger partial charge in [0.2, 0.25) is 0 Å². The van der Waals surface area contributed by atoms with Crippen molar-refractivity contribution >= 4 is 22.9 Å². The van der Waals surface area contributed by atoms with E-state index in [1.54, 1.807) is 11.3 Å². The van der Waals surface area contributed by atoms with Gasteiger partial charge < -0.3 is 5.11 Å². The normalized spacial score (nSPS) is 19.9. The van der Waals surface area contributed by atoms with Crippen molar-refractivity contribution < 1.29 is 5.11 Å². The second-order valence-electron chi connectivity index (χ2n) is 3.73. The van der Waals surface area contributed by atoms with E-state index in [0.29, 0.717) is 5.92 Å². The molecule has 0 aliphatic heterocycles. The van der Waals surface area contributed by atoms with E-state index in [4.69, 9.17) is 11.6 Å². The fourth-order valence-electron chi connectivity index (χ4n) is 1.62. The summed E-state index contributed by atoms with van der Waals surface area (Å²) in [4.78, 5) is 0.962. The van der Waals surface area contributed by atoms with Gasteiger partial charge in [0, 0.05) is 0 Å². The second-order valence-corrected chi connectivity index (χ2v) is 5.02. The van der Waals surface area contributed by atoms with Crippen molar-refractivity contribution in [2.24, 2.45) is 5.92 Å². The standard InChI is InChI=1S/C10H13ClOS/c1-6-5-13-10(8(6)11)9(12)7-3-2-4-7/h5,7,9,12H,2-4H2,1H3. The number of hydrogen-bond acceptors (Lipinski definition) is 2. The van der Waals surface area contributed by atoms with E-state index in [2.05, 4.69) is 0 Å². The van der Waals surface area contributed by atoms with Gasteiger partial charge in [-0.25, -0.2) is 0 Å². The van der Waals surface area contributed by atoms with Gasteiger partial charge in [-0.15, -0.1) is 11.3 Å². The molecule has 0 saturated heterocycles. The number of rotatable bonds is 2. The minimum absolute atomic E-state index is 0.319. The molecule has 2 rings (SSSR count). The quantitative estimate of drug-likeness (QED) is 0.802. The van der Waals surface area contributed by atoms with E-state index < -0.39 is 0 Å². The summed E-state index contributed by atoms with van der Waals surface area (Å²) < 4.78 is 0. The van der Waals surface area contributed by atoms with E-state index in [1.807, 2.05) is 12.3 Å². The Balaban J connectivity index is 2.18. The molecule has 0 radical (unpaired) electrons. The van der Waals surface area contributed by atoms with E-state index in [9.17, 15) is 5.11 Å². The Morgan fingerprint density at radius 3 is 2.69 bits per heavy atom. The molecule has 1 saturated carbocycles. The molecule has 3 heteroatoms. The zero-order valence-electron chi connectivity index (χ0n) is 7.59. The summed E-state index contributed by atoms with van der Waals surface area (Å²) in [7, 11) is 0. The third kappa shape index (κ3) is 1.63. The Kier molecular flexibility index (Phi) is 2.63. The lowest BCUT2D eigenvalue weighted by Gasteiger charge is -2.29. The topological polar surface area (TPSA) is 20.2 Å². The van der Waals surface area contributed by atoms with Crippen molar-refractivity contribution in [3.05, 3.63) is 20.8 Å². The first-order chi connectivity index (χ1) is 6.20. The lowest BCUT2D eigenvalue weighted by atomic mass is 9.80. The predicted molar refractivity (Wildman–Crippen MR) is 56.4 cm³/mol. The van der Waals surface area contributed by atoms with Crippen LogP contribution in [0.5, 0.6) is 0 Å². The SMILES string of the molecule is Cc1csc(C(O)C2CCC2)c1Cl. The van der Waals surface area contributed by atoms with Crippen LogP contribution < -0.4 is 0 Å². The lowest BCUT2D eigenvalue weighted by Crippen LogP contribution is -2.19. The molecule has 1 aliphatic rings. The molecule has 1 atom stereocenters. The van der Waals surface area contributed by atoms with Crippen LogP contribution >= 0.6 is 22.9 Å². The van der Waals surface area contributed by atoms with Gasteiger partial charge in [0.25, 0.3) is 0 Å². The van der Waals surface area contributed by atoms with Crippen molar-refractivity contribution in [3.8, 4) is 0 Å². The summed E-state index contributed by atoms with van der Waals surface area (Å²) >= 11 is 7.66. The number of hydrogen-bond donors (Lipinski definition) is 1. The van der Waals surface area contributed by atoms with Gasteiger partial charge in [0.15, 0.2) is 0 Å². The van der Waals surface area contributed by atoms with Crippen molar-refractivity contribution in [2.75, 3.05) is 0 Å². The first-order valence-corrected chi connectivity index (χ1v) is 5.87. The lowest BCUT2D eigenvalue weighted by molar-refractivity contribution is 0.0650. The highest BCUT2D eigenvalue weighted by Crippen LogP contribution is 2.42. The summed E-state index contributed by atoms with van der Waals surface area (Å²) in [5, 5.41) is 12.7. The van der Waals surface area contributed by atoms with Gasteiger partial charge in [0.1, 0.15) is 0 Å². The maximum Gasteiger partial charge on any atom is 0.0925 e. The van der Waals surface area contributed by atoms with Gasteiger partial charge >= 0.3 is 0 Å². The molecule has 1 nitrogen and oxygen atoms in total. The summed E-state index contributed by atoms with van der Waals surface area (Å²) in [6, 6.07) is 0. The van der Waals surface area contributed by atoms with Crippen molar-refractivity contribution in [3.63, 3.8) is 0 Å². The minimum Gasteiger partial charge on any atom is -0.387 e. The molecule has 13 heavy (non-hydrogen) atoms. The molecule has 1 unspecified atom stereocenters. The zero-order chi connectivity index (χ0) is 9.42. The van der Waals surface area contributed by atoms with Gasteiger partial charge in [-0.05, 0) is 36.6 Å². The maximum atomic E-state index is 9.96. The van der Waals surface area contributed by atoms with E-state index in [0.717, 1.165) is 28.3 Å². The average Bonchev–Trinajstić information content (AvgIpc) is 2.29. The largest absolute Gasteiger partial charge is 0.387 e. The molecule has 72 valence electrons. The van der Waals surface area contributed by atoms with Crippen LogP contribution in [0.1, 0.15) is 35.8 Å². The number of aliphatic hydroxyl groups excluding tert-OH is 1. The monoisotopic (exact) mass is 216 g/mol. The molecule has 1 heterocycles. The number of thiophene rings is 1. The van der Waals surface area contributed by atoms with Gasteiger partial charge in [-0.1, -0.05) is 18.0 Å². The van der Waals surface area contributed by atoms with Crippen LogP contribution in [0.3, 0.4) is 0 Å². The molecule has 1 aliphatic carbocycles. The average molecular weight is 217 g/mol. The van der Waals surface area contributed by atoms with Crippen molar-refractivity contribution in [2.45, 2.75) is 32.3 Å². The van der Waals surface area contributed by atoms with Gasteiger partial charge in [0.05, 0.1) is 16.0 Å². The van der Waals surface area contributed by atoms with Gasteiger partial charge in [-0.2, -0.15) is 0 Å². The van der Waals surface area contributed by atoms with Crippen molar-refractivity contribution in [1.82, 2.24) is 0 Å². The highest BCUT2D eigenvalue weighted by molar-refractivity contribution is 7.10. The van der Waals surface area contributed by atoms with E-state index in [1.165, 1.54) is 6.42 Å².